The van der Waals surface area contributed by atoms with E-state index in [0.29, 0.717) is 0 Å². The van der Waals surface area contributed by atoms with Gasteiger partial charge in [0.05, 0.1) is 0 Å². The van der Waals surface area contributed by atoms with E-state index in [9.17, 15) is 0 Å². The van der Waals surface area contributed by atoms with Gasteiger partial charge < -0.3 is 0 Å². The maximum absolute atomic E-state index is 6.43. The lowest BCUT2D eigenvalue weighted by atomic mass is 9.86. The zero-order chi connectivity index (χ0) is 11.6. The Morgan fingerprint density at radius 2 is 1.12 bits per heavy atom. The van der Waals surface area contributed by atoms with Crippen molar-refractivity contribution in [3.8, 4) is 11.1 Å². The smallest absolute Gasteiger partial charge is 0.100 e. The van der Waals surface area contributed by atoms with Crippen molar-refractivity contribution in [2.45, 2.75) is 16.2 Å². The monoisotopic (exact) mass is 260 g/mol. The van der Waals surface area contributed by atoms with Gasteiger partial charge in [0.25, 0.3) is 0 Å². The molecule has 0 amide bonds. The Balaban J connectivity index is 2.07. The SMILES string of the molecule is ClC1(Cl)[C@H]2c3ccccc3-c3ccccc3[C@@H]21. The van der Waals surface area contributed by atoms with Gasteiger partial charge in [0.1, 0.15) is 4.33 Å². The van der Waals surface area contributed by atoms with E-state index in [1.54, 1.807) is 0 Å². The topological polar surface area (TPSA) is 0 Å². The summed E-state index contributed by atoms with van der Waals surface area (Å²) in [6.07, 6.45) is 0. The van der Waals surface area contributed by atoms with Gasteiger partial charge in [-0.25, -0.2) is 0 Å². The molecule has 84 valence electrons. The third kappa shape index (κ3) is 1.15. The molecule has 2 aliphatic rings. The van der Waals surface area contributed by atoms with Crippen LogP contribution in [0.15, 0.2) is 48.5 Å². The summed E-state index contributed by atoms with van der Waals surface area (Å²) in [4.78, 5) is 0. The molecule has 2 aliphatic carbocycles. The Bertz CT molecular complexity index is 562. The highest BCUT2D eigenvalue weighted by molar-refractivity contribution is 6.52. The fourth-order valence-corrected chi connectivity index (χ4v) is 3.98. The van der Waals surface area contributed by atoms with Crippen LogP contribution in [-0.4, -0.2) is 4.33 Å². The molecular weight excluding hydrogens is 251 g/mol. The molecule has 0 nitrogen and oxygen atoms in total. The molecule has 0 N–H and O–H groups in total. The molecule has 0 saturated heterocycles. The number of rotatable bonds is 0. The Hall–Kier alpha value is -0.980. The van der Waals surface area contributed by atoms with Gasteiger partial charge in [-0.05, 0) is 22.3 Å². The minimum Gasteiger partial charge on any atom is -0.100 e. The number of hydrogen-bond acceptors (Lipinski definition) is 0. The minimum absolute atomic E-state index is 0.261. The molecule has 2 aromatic rings. The van der Waals surface area contributed by atoms with Crippen LogP contribution in [0.3, 0.4) is 0 Å². The van der Waals surface area contributed by atoms with Crippen molar-refractivity contribution >= 4 is 23.2 Å². The van der Waals surface area contributed by atoms with Crippen LogP contribution in [0.4, 0.5) is 0 Å². The van der Waals surface area contributed by atoms with Crippen molar-refractivity contribution in [1.82, 2.24) is 0 Å². The summed E-state index contributed by atoms with van der Waals surface area (Å²) in [5.41, 5.74) is 5.16. The Morgan fingerprint density at radius 1 is 0.706 bits per heavy atom. The van der Waals surface area contributed by atoms with Gasteiger partial charge in [-0.3, -0.25) is 0 Å². The van der Waals surface area contributed by atoms with E-state index in [2.05, 4.69) is 48.5 Å². The lowest BCUT2D eigenvalue weighted by molar-refractivity contribution is 1.01. The number of benzene rings is 2. The molecule has 0 unspecified atom stereocenters. The van der Waals surface area contributed by atoms with Crippen LogP contribution in [0.5, 0.6) is 0 Å². The van der Waals surface area contributed by atoms with Gasteiger partial charge in [-0.2, -0.15) is 0 Å². The molecule has 0 aromatic heterocycles. The molecule has 2 atom stereocenters. The van der Waals surface area contributed by atoms with Gasteiger partial charge >= 0.3 is 0 Å². The molecule has 4 rings (SSSR count). The predicted molar refractivity (Wildman–Crippen MR) is 71.8 cm³/mol. The van der Waals surface area contributed by atoms with Crippen LogP contribution in [0.2, 0.25) is 0 Å². The largest absolute Gasteiger partial charge is 0.133 e. The first kappa shape index (κ1) is 9.99. The fourth-order valence-electron chi connectivity index (χ4n) is 3.13. The van der Waals surface area contributed by atoms with Crippen LogP contribution in [0, 0.1) is 0 Å². The van der Waals surface area contributed by atoms with E-state index in [-0.39, 0.29) is 11.8 Å². The summed E-state index contributed by atoms with van der Waals surface area (Å²) >= 11 is 12.9. The lowest BCUT2D eigenvalue weighted by Crippen LogP contribution is -1.98. The Kier molecular flexibility index (Phi) is 1.80. The van der Waals surface area contributed by atoms with Gasteiger partial charge in [-0.1, -0.05) is 48.5 Å². The van der Waals surface area contributed by atoms with Gasteiger partial charge in [0.2, 0.25) is 0 Å². The number of alkyl halides is 2. The second-order valence-corrected chi connectivity index (χ2v) is 6.25. The van der Waals surface area contributed by atoms with Crippen LogP contribution in [0.1, 0.15) is 23.0 Å². The first-order valence-electron chi connectivity index (χ1n) is 5.77. The van der Waals surface area contributed by atoms with Crippen molar-refractivity contribution in [3.05, 3.63) is 59.7 Å². The molecule has 0 heterocycles. The number of halogens is 2. The summed E-state index contributed by atoms with van der Waals surface area (Å²) in [5, 5.41) is 0. The zero-order valence-corrected chi connectivity index (χ0v) is 10.5. The highest BCUT2D eigenvalue weighted by Gasteiger charge is 2.66. The average Bonchev–Trinajstić information content (AvgIpc) is 2.94. The number of hydrogen-bond donors (Lipinski definition) is 0. The highest BCUT2D eigenvalue weighted by Crippen LogP contribution is 2.74. The van der Waals surface area contributed by atoms with Gasteiger partial charge in [0.15, 0.2) is 0 Å². The van der Waals surface area contributed by atoms with E-state index in [1.807, 2.05) is 0 Å². The van der Waals surface area contributed by atoms with Crippen molar-refractivity contribution in [2.75, 3.05) is 0 Å². The quantitative estimate of drug-likeness (QED) is 0.602. The van der Waals surface area contributed by atoms with E-state index in [4.69, 9.17) is 23.2 Å². The third-order valence-corrected chi connectivity index (χ3v) is 4.88. The third-order valence-electron chi connectivity index (χ3n) is 3.94. The van der Waals surface area contributed by atoms with E-state index >= 15 is 0 Å². The van der Waals surface area contributed by atoms with Crippen LogP contribution in [0.25, 0.3) is 11.1 Å². The first-order chi connectivity index (χ1) is 8.21. The second-order valence-electron chi connectivity index (χ2n) is 4.80. The molecule has 2 heteroatoms. The number of fused-ring (bicyclic) bond motifs is 6. The molecular formula is C15H10Cl2. The highest BCUT2D eigenvalue weighted by atomic mass is 35.5. The maximum Gasteiger partial charge on any atom is 0.133 e. The summed E-state index contributed by atoms with van der Waals surface area (Å²) in [6.45, 7) is 0. The second kappa shape index (κ2) is 3.07. The zero-order valence-electron chi connectivity index (χ0n) is 9.03. The van der Waals surface area contributed by atoms with E-state index in [0.717, 1.165) is 0 Å². The Labute approximate surface area is 110 Å². The summed E-state index contributed by atoms with van der Waals surface area (Å²) in [5.74, 6) is 0.522. The normalized spacial score (nSPS) is 26.7. The van der Waals surface area contributed by atoms with E-state index in [1.165, 1.54) is 22.3 Å². The molecule has 0 spiro atoms. The van der Waals surface area contributed by atoms with Crippen molar-refractivity contribution in [1.29, 1.82) is 0 Å². The van der Waals surface area contributed by atoms with Crippen molar-refractivity contribution < 1.29 is 0 Å². The molecule has 1 saturated carbocycles. The molecule has 0 radical (unpaired) electrons. The molecule has 0 aliphatic heterocycles. The molecule has 1 fully saturated rings. The predicted octanol–water partition coefficient (Wildman–Crippen LogP) is 4.72. The van der Waals surface area contributed by atoms with Gasteiger partial charge in [0, 0.05) is 11.8 Å². The summed E-state index contributed by atoms with van der Waals surface area (Å²) in [6, 6.07) is 16.9. The lowest BCUT2D eigenvalue weighted by Gasteiger charge is -2.17. The average molecular weight is 261 g/mol. The van der Waals surface area contributed by atoms with Crippen LogP contribution < -0.4 is 0 Å². The first-order valence-corrected chi connectivity index (χ1v) is 6.53. The minimum atomic E-state index is -0.622. The van der Waals surface area contributed by atoms with E-state index < -0.39 is 4.33 Å². The summed E-state index contributed by atoms with van der Waals surface area (Å²) < 4.78 is -0.622. The maximum atomic E-state index is 6.43. The standard InChI is InChI=1S/C15H10Cl2/c16-15(17)13-11-7-3-1-5-9(11)10-6-2-4-8-12(10)14(13)15/h1-8,13-14H/t13-,14-/m0/s1. The van der Waals surface area contributed by atoms with Crippen LogP contribution in [-0.2, 0) is 0 Å². The Morgan fingerprint density at radius 3 is 1.59 bits per heavy atom. The molecule has 0 bridgehead atoms. The summed E-state index contributed by atoms with van der Waals surface area (Å²) in [7, 11) is 0. The van der Waals surface area contributed by atoms with Crippen molar-refractivity contribution in [3.63, 3.8) is 0 Å². The fraction of sp³-hybridized carbons (Fsp3) is 0.200. The van der Waals surface area contributed by atoms with Crippen molar-refractivity contribution in [2.24, 2.45) is 0 Å². The molecule has 17 heavy (non-hydrogen) atoms. The van der Waals surface area contributed by atoms with Crippen LogP contribution >= 0.6 is 23.2 Å². The molecule has 2 aromatic carbocycles. The van der Waals surface area contributed by atoms with Gasteiger partial charge in [-0.15, -0.1) is 23.2 Å².